The maximum Gasteiger partial charge on any atom is 0.329 e. The Bertz CT molecular complexity index is 897. The normalized spacial score (nSPS) is 10.4. The number of phenolic OH excluding ortho intramolecular Hbond substituents is 1. The molecule has 0 heterocycles. The summed E-state index contributed by atoms with van der Waals surface area (Å²) in [4.78, 5) is 23.7. The number of amides is 2. The number of carbonyl (C=O) groups excluding carboxylic acids is 2. The molecular formula is C19H18ClN3O4. The number of hydrazone groups is 1. The standard InChI is InChI=1S/C19H18ClN3O4/c1-3-6-13-9-12(10-16(27-2)17(13)24)11-21-23-19(26)18(25)22-15-8-5-4-7-14(15)20/h3-5,7-11,24H,1,6H2,2H3,(H,22,25)(H,23,26)/b21-11+. The topological polar surface area (TPSA) is 100 Å². The first kappa shape index (κ1) is 20.0. The number of ether oxygens (including phenoxy) is 1. The van der Waals surface area contributed by atoms with Crippen LogP contribution in [-0.4, -0.2) is 30.2 Å². The van der Waals surface area contributed by atoms with Crippen LogP contribution in [0.1, 0.15) is 11.1 Å². The molecule has 0 aromatic heterocycles. The molecule has 0 saturated carbocycles. The number of nitrogens with one attached hydrogen (secondary N) is 2. The van der Waals surface area contributed by atoms with E-state index in [2.05, 4.69) is 22.4 Å². The fraction of sp³-hybridized carbons (Fsp3) is 0.105. The van der Waals surface area contributed by atoms with Crippen LogP contribution >= 0.6 is 11.6 Å². The summed E-state index contributed by atoms with van der Waals surface area (Å²) in [5.74, 6) is -1.59. The number of methoxy groups -OCH3 is 1. The summed E-state index contributed by atoms with van der Waals surface area (Å²) in [7, 11) is 1.43. The summed E-state index contributed by atoms with van der Waals surface area (Å²) < 4.78 is 5.11. The molecule has 8 heteroatoms. The maximum absolute atomic E-state index is 11.9. The molecule has 2 aromatic rings. The van der Waals surface area contributed by atoms with E-state index in [4.69, 9.17) is 16.3 Å². The van der Waals surface area contributed by atoms with Crippen LogP contribution in [0, 0.1) is 0 Å². The molecule has 0 unspecified atom stereocenters. The lowest BCUT2D eigenvalue weighted by atomic mass is 10.1. The lowest BCUT2D eigenvalue weighted by Crippen LogP contribution is -2.32. The Morgan fingerprint density at radius 3 is 2.70 bits per heavy atom. The second-order valence-electron chi connectivity index (χ2n) is 5.36. The van der Waals surface area contributed by atoms with Gasteiger partial charge in [-0.15, -0.1) is 6.58 Å². The van der Waals surface area contributed by atoms with E-state index in [9.17, 15) is 14.7 Å². The molecule has 0 bridgehead atoms. The summed E-state index contributed by atoms with van der Waals surface area (Å²) in [6.07, 6.45) is 3.39. The largest absolute Gasteiger partial charge is 0.504 e. The fourth-order valence-corrected chi connectivity index (χ4v) is 2.37. The van der Waals surface area contributed by atoms with Crippen LogP contribution in [0.4, 0.5) is 5.69 Å². The van der Waals surface area contributed by atoms with Gasteiger partial charge >= 0.3 is 11.8 Å². The fourth-order valence-electron chi connectivity index (χ4n) is 2.19. The molecule has 0 aliphatic rings. The van der Waals surface area contributed by atoms with Crippen LogP contribution in [0.5, 0.6) is 11.5 Å². The molecule has 2 amide bonds. The van der Waals surface area contributed by atoms with Gasteiger partial charge in [-0.05, 0) is 36.2 Å². The minimum Gasteiger partial charge on any atom is -0.504 e. The molecule has 0 aliphatic heterocycles. The smallest absolute Gasteiger partial charge is 0.329 e. The average molecular weight is 388 g/mol. The van der Waals surface area contributed by atoms with Crippen molar-refractivity contribution >= 4 is 35.3 Å². The Morgan fingerprint density at radius 1 is 1.30 bits per heavy atom. The van der Waals surface area contributed by atoms with Crippen LogP contribution in [-0.2, 0) is 16.0 Å². The number of rotatable bonds is 6. The van der Waals surface area contributed by atoms with E-state index in [-0.39, 0.29) is 11.5 Å². The predicted molar refractivity (Wildman–Crippen MR) is 104 cm³/mol. The predicted octanol–water partition coefficient (Wildman–Crippen LogP) is 2.87. The minimum atomic E-state index is -0.955. The highest BCUT2D eigenvalue weighted by atomic mass is 35.5. The van der Waals surface area contributed by atoms with E-state index in [0.29, 0.717) is 28.3 Å². The van der Waals surface area contributed by atoms with Crippen molar-refractivity contribution in [3.8, 4) is 11.5 Å². The number of carbonyl (C=O) groups is 2. The summed E-state index contributed by atoms with van der Waals surface area (Å²) >= 11 is 5.92. The van der Waals surface area contributed by atoms with E-state index >= 15 is 0 Å². The van der Waals surface area contributed by atoms with Crippen molar-refractivity contribution in [2.45, 2.75) is 6.42 Å². The number of hydrogen-bond donors (Lipinski definition) is 3. The lowest BCUT2D eigenvalue weighted by molar-refractivity contribution is -0.136. The van der Waals surface area contributed by atoms with Crippen LogP contribution in [0.2, 0.25) is 5.02 Å². The minimum absolute atomic E-state index is 0.0118. The summed E-state index contributed by atoms with van der Waals surface area (Å²) in [5, 5.41) is 16.5. The summed E-state index contributed by atoms with van der Waals surface area (Å²) in [6, 6.07) is 9.75. The van der Waals surface area contributed by atoms with Gasteiger partial charge in [0.1, 0.15) is 0 Å². The van der Waals surface area contributed by atoms with Gasteiger partial charge in [0.25, 0.3) is 0 Å². The monoisotopic (exact) mass is 387 g/mol. The van der Waals surface area contributed by atoms with Crippen molar-refractivity contribution in [1.29, 1.82) is 0 Å². The third-order valence-corrected chi connectivity index (χ3v) is 3.80. The molecule has 0 aliphatic carbocycles. The van der Waals surface area contributed by atoms with Gasteiger partial charge in [0.15, 0.2) is 11.5 Å². The highest BCUT2D eigenvalue weighted by Crippen LogP contribution is 2.31. The molecule has 2 aromatic carbocycles. The molecule has 7 nitrogen and oxygen atoms in total. The first-order valence-electron chi connectivity index (χ1n) is 7.86. The van der Waals surface area contributed by atoms with Gasteiger partial charge in [-0.25, -0.2) is 5.43 Å². The Balaban J connectivity index is 2.05. The van der Waals surface area contributed by atoms with Crippen molar-refractivity contribution < 1.29 is 19.4 Å². The highest BCUT2D eigenvalue weighted by molar-refractivity contribution is 6.41. The quantitative estimate of drug-likeness (QED) is 0.307. The number of phenols is 1. The molecule has 0 fully saturated rings. The number of hydrogen-bond acceptors (Lipinski definition) is 5. The number of para-hydroxylation sites is 1. The number of allylic oxidation sites excluding steroid dienone is 1. The zero-order valence-electron chi connectivity index (χ0n) is 14.5. The van der Waals surface area contributed by atoms with E-state index in [1.807, 2.05) is 0 Å². The maximum atomic E-state index is 11.9. The van der Waals surface area contributed by atoms with Crippen LogP contribution < -0.4 is 15.5 Å². The van der Waals surface area contributed by atoms with Crippen LogP contribution in [0.15, 0.2) is 54.2 Å². The van der Waals surface area contributed by atoms with Gasteiger partial charge in [-0.3, -0.25) is 9.59 Å². The second kappa shape index (κ2) is 9.40. The Hall–Kier alpha value is -3.32. The number of benzene rings is 2. The van der Waals surface area contributed by atoms with Gasteiger partial charge in [0.2, 0.25) is 0 Å². The van der Waals surface area contributed by atoms with E-state index < -0.39 is 11.8 Å². The first-order valence-corrected chi connectivity index (χ1v) is 8.23. The summed E-state index contributed by atoms with van der Waals surface area (Å²) in [5.41, 5.74) is 3.60. The Labute approximate surface area is 161 Å². The van der Waals surface area contributed by atoms with E-state index in [1.54, 1.807) is 42.5 Å². The SMILES string of the molecule is C=CCc1cc(/C=N/NC(=O)C(=O)Nc2ccccc2Cl)cc(OC)c1O. The van der Waals surface area contributed by atoms with Gasteiger partial charge in [-0.2, -0.15) is 5.10 Å². The van der Waals surface area contributed by atoms with Gasteiger partial charge < -0.3 is 15.2 Å². The molecule has 0 radical (unpaired) electrons. The highest BCUT2D eigenvalue weighted by Gasteiger charge is 2.14. The van der Waals surface area contributed by atoms with Crippen molar-refractivity contribution in [2.75, 3.05) is 12.4 Å². The van der Waals surface area contributed by atoms with Gasteiger partial charge in [0, 0.05) is 5.56 Å². The van der Waals surface area contributed by atoms with Crippen molar-refractivity contribution in [1.82, 2.24) is 5.43 Å². The number of aromatic hydroxyl groups is 1. The summed E-state index contributed by atoms with van der Waals surface area (Å²) in [6.45, 7) is 3.63. The third-order valence-electron chi connectivity index (χ3n) is 3.47. The molecule has 0 saturated heterocycles. The molecular weight excluding hydrogens is 370 g/mol. The molecule has 3 N–H and O–H groups in total. The molecule has 27 heavy (non-hydrogen) atoms. The van der Waals surface area contributed by atoms with E-state index in [0.717, 1.165) is 0 Å². The van der Waals surface area contributed by atoms with Crippen LogP contribution in [0.25, 0.3) is 0 Å². The van der Waals surface area contributed by atoms with E-state index in [1.165, 1.54) is 13.3 Å². The van der Waals surface area contributed by atoms with Gasteiger partial charge in [-0.1, -0.05) is 29.8 Å². The first-order chi connectivity index (χ1) is 13.0. The number of halogens is 1. The Kier molecular flexibility index (Phi) is 6.96. The molecule has 2 rings (SSSR count). The molecule has 0 atom stereocenters. The van der Waals surface area contributed by atoms with Crippen molar-refractivity contribution in [3.63, 3.8) is 0 Å². The van der Waals surface area contributed by atoms with Crippen molar-refractivity contribution in [2.24, 2.45) is 5.10 Å². The van der Waals surface area contributed by atoms with Crippen molar-refractivity contribution in [3.05, 3.63) is 65.2 Å². The average Bonchev–Trinajstić information content (AvgIpc) is 2.65. The molecule has 140 valence electrons. The van der Waals surface area contributed by atoms with Crippen LogP contribution in [0.3, 0.4) is 0 Å². The van der Waals surface area contributed by atoms with Gasteiger partial charge in [0.05, 0.1) is 24.0 Å². The number of nitrogens with zero attached hydrogens (tertiary/aromatic N) is 1. The zero-order valence-corrected chi connectivity index (χ0v) is 15.3. The second-order valence-corrected chi connectivity index (χ2v) is 5.76. The molecule has 0 spiro atoms. The zero-order chi connectivity index (χ0) is 19.8. The Morgan fingerprint density at radius 2 is 2.04 bits per heavy atom. The number of anilines is 1. The third kappa shape index (κ3) is 5.32. The lowest BCUT2D eigenvalue weighted by Gasteiger charge is -2.09.